The molecule has 1 fully saturated rings. The molecule has 1 unspecified atom stereocenters. The maximum atomic E-state index is 6.85. The molecule has 1 saturated carbocycles. The summed E-state index contributed by atoms with van der Waals surface area (Å²) in [5.74, 6) is 1.55. The lowest BCUT2D eigenvalue weighted by Crippen LogP contribution is -2.52. The monoisotopic (exact) mass is 482 g/mol. The lowest BCUT2D eigenvalue weighted by Gasteiger charge is -2.47. The van der Waals surface area contributed by atoms with Crippen molar-refractivity contribution in [1.82, 2.24) is 10.3 Å². The first-order valence-corrected chi connectivity index (χ1v) is 13.8. The first kappa shape index (κ1) is 23.2. The number of ether oxygens (including phenoxy) is 1. The van der Waals surface area contributed by atoms with Crippen LogP contribution in [0, 0.1) is 5.92 Å². The predicted molar refractivity (Wildman–Crippen MR) is 148 cm³/mol. The Morgan fingerprint density at radius 1 is 1.14 bits per heavy atom. The van der Waals surface area contributed by atoms with Crippen molar-refractivity contribution in [1.29, 1.82) is 0 Å². The van der Waals surface area contributed by atoms with Gasteiger partial charge in [-0.1, -0.05) is 25.5 Å². The van der Waals surface area contributed by atoms with Crippen molar-refractivity contribution in [3.8, 4) is 5.75 Å². The fourth-order valence-corrected chi connectivity index (χ4v) is 6.40. The van der Waals surface area contributed by atoms with Crippen molar-refractivity contribution in [2.75, 3.05) is 23.3 Å². The predicted octanol–water partition coefficient (Wildman–Crippen LogP) is 7.02. The Labute approximate surface area is 215 Å². The van der Waals surface area contributed by atoms with E-state index >= 15 is 0 Å². The minimum Gasteiger partial charge on any atom is -0.483 e. The maximum absolute atomic E-state index is 6.85. The topological polar surface area (TPSA) is 49.4 Å². The van der Waals surface area contributed by atoms with E-state index in [0.29, 0.717) is 5.92 Å². The lowest BCUT2D eigenvalue weighted by molar-refractivity contribution is 0.0286. The summed E-state index contributed by atoms with van der Waals surface area (Å²) in [6.07, 6.45) is 18.0. The molecular weight excluding hydrogens is 444 g/mol. The highest BCUT2D eigenvalue weighted by Crippen LogP contribution is 2.45. The molecule has 1 atom stereocenters. The van der Waals surface area contributed by atoms with E-state index in [1.165, 1.54) is 41.8 Å². The molecule has 6 rings (SSSR count). The molecule has 2 aliphatic carbocycles. The van der Waals surface area contributed by atoms with Crippen LogP contribution >= 0.6 is 0 Å². The zero-order valence-electron chi connectivity index (χ0n) is 21.6. The summed E-state index contributed by atoms with van der Waals surface area (Å²) in [6.45, 7) is 6.37. The molecule has 3 heterocycles. The number of rotatable bonds is 6. The highest BCUT2D eigenvalue weighted by molar-refractivity contribution is 5.70. The van der Waals surface area contributed by atoms with Crippen LogP contribution in [-0.2, 0) is 6.42 Å². The van der Waals surface area contributed by atoms with Gasteiger partial charge < -0.3 is 20.3 Å². The Morgan fingerprint density at radius 3 is 2.86 bits per heavy atom. The van der Waals surface area contributed by atoms with Crippen LogP contribution in [-0.4, -0.2) is 23.7 Å². The molecular formula is C31H38N4O. The van der Waals surface area contributed by atoms with Gasteiger partial charge in [0, 0.05) is 53.7 Å². The third-order valence-corrected chi connectivity index (χ3v) is 8.38. The molecule has 188 valence electrons. The van der Waals surface area contributed by atoms with Crippen molar-refractivity contribution < 1.29 is 4.74 Å². The van der Waals surface area contributed by atoms with Gasteiger partial charge in [0.1, 0.15) is 11.4 Å². The van der Waals surface area contributed by atoms with Crippen LogP contribution in [0.25, 0.3) is 0 Å². The van der Waals surface area contributed by atoms with E-state index < -0.39 is 0 Å². The number of nitrogens with zero attached hydrogens (tertiary/aromatic N) is 2. The van der Waals surface area contributed by atoms with E-state index in [1.54, 1.807) is 0 Å². The van der Waals surface area contributed by atoms with Crippen LogP contribution < -0.4 is 20.3 Å². The summed E-state index contributed by atoms with van der Waals surface area (Å²) in [7, 11) is 0. The number of nitrogens with one attached hydrogen (secondary N) is 2. The van der Waals surface area contributed by atoms with Crippen LogP contribution in [0.15, 0.2) is 71.7 Å². The molecule has 0 bridgehead atoms. The number of hydrogen-bond donors (Lipinski definition) is 2. The van der Waals surface area contributed by atoms with Crippen LogP contribution in [0.5, 0.6) is 5.75 Å². The Bertz CT molecular complexity index is 1220. The van der Waals surface area contributed by atoms with Gasteiger partial charge in [-0.25, -0.2) is 0 Å². The zero-order valence-corrected chi connectivity index (χ0v) is 21.6. The van der Waals surface area contributed by atoms with Crippen molar-refractivity contribution >= 4 is 17.1 Å². The molecule has 1 aromatic carbocycles. The SMILES string of the molecule is CCc1cc(Nc2ccc3c(c2)OC2(CCCCC2)CN3CCC2=CNC3=C(C)C=CCC23)ccn1. The maximum Gasteiger partial charge on any atom is 0.145 e. The fourth-order valence-electron chi connectivity index (χ4n) is 6.40. The summed E-state index contributed by atoms with van der Waals surface area (Å²) in [6, 6.07) is 10.8. The number of hydrogen-bond acceptors (Lipinski definition) is 5. The largest absolute Gasteiger partial charge is 0.483 e. The van der Waals surface area contributed by atoms with E-state index in [-0.39, 0.29) is 5.60 Å². The molecule has 2 aromatic rings. The number of aryl methyl sites for hydroxylation is 1. The highest BCUT2D eigenvalue weighted by Gasteiger charge is 2.41. The smallest absolute Gasteiger partial charge is 0.145 e. The summed E-state index contributed by atoms with van der Waals surface area (Å²) in [4.78, 5) is 7.03. The van der Waals surface area contributed by atoms with Crippen LogP contribution in [0.1, 0.15) is 64.5 Å². The highest BCUT2D eigenvalue weighted by atomic mass is 16.5. The first-order valence-electron chi connectivity index (χ1n) is 13.8. The second-order valence-electron chi connectivity index (χ2n) is 10.9. The number of allylic oxidation sites excluding steroid dienone is 4. The fraction of sp³-hybridized carbons (Fsp3) is 0.452. The molecule has 5 nitrogen and oxygen atoms in total. The van der Waals surface area contributed by atoms with Gasteiger partial charge in [-0.05, 0) is 87.3 Å². The summed E-state index contributed by atoms with van der Waals surface area (Å²) >= 11 is 0. The minimum absolute atomic E-state index is 0.0620. The molecule has 1 aromatic heterocycles. The molecule has 0 radical (unpaired) electrons. The normalized spacial score (nSPS) is 22.0. The minimum atomic E-state index is -0.0620. The van der Waals surface area contributed by atoms with Gasteiger partial charge in [0.2, 0.25) is 0 Å². The van der Waals surface area contributed by atoms with Gasteiger partial charge in [0.15, 0.2) is 0 Å². The van der Waals surface area contributed by atoms with Gasteiger partial charge in [-0.2, -0.15) is 0 Å². The third kappa shape index (κ3) is 4.52. The van der Waals surface area contributed by atoms with Crippen LogP contribution in [0.2, 0.25) is 0 Å². The molecule has 5 heteroatoms. The second kappa shape index (κ2) is 9.68. The van der Waals surface area contributed by atoms with Crippen LogP contribution in [0.3, 0.4) is 0 Å². The molecule has 36 heavy (non-hydrogen) atoms. The molecule has 2 N–H and O–H groups in total. The standard InChI is InChI=1S/C31H38N4O/c1-3-24-18-26(12-16-32-24)34-25-10-11-28-29(19-25)36-31(14-5-4-6-15-31)21-35(28)17-13-23-20-33-30-22(2)8-7-9-27(23)30/h7-8,10-12,16,18-20,27,33H,3-6,9,13-15,17,21H2,1-2H3,(H,32,34). The molecule has 0 amide bonds. The third-order valence-electron chi connectivity index (χ3n) is 8.38. The molecule has 1 spiro atoms. The lowest BCUT2D eigenvalue weighted by atomic mass is 9.82. The number of aromatic nitrogens is 1. The van der Waals surface area contributed by atoms with Gasteiger partial charge >= 0.3 is 0 Å². The van der Waals surface area contributed by atoms with Gasteiger partial charge in [0.25, 0.3) is 0 Å². The zero-order chi connectivity index (χ0) is 24.5. The molecule has 2 aliphatic heterocycles. The Morgan fingerprint density at radius 2 is 2.00 bits per heavy atom. The average Bonchev–Trinajstić information content (AvgIpc) is 3.32. The summed E-state index contributed by atoms with van der Waals surface area (Å²) in [5, 5.41) is 7.15. The number of pyridine rings is 1. The first-order chi connectivity index (χ1) is 17.6. The van der Waals surface area contributed by atoms with Crippen molar-refractivity contribution in [2.45, 2.75) is 70.8 Å². The number of benzene rings is 1. The van der Waals surface area contributed by atoms with Crippen LogP contribution in [0.4, 0.5) is 17.1 Å². The summed E-state index contributed by atoms with van der Waals surface area (Å²) in [5.41, 5.74) is 8.70. The molecule has 4 aliphatic rings. The van der Waals surface area contributed by atoms with E-state index in [0.717, 1.165) is 68.0 Å². The summed E-state index contributed by atoms with van der Waals surface area (Å²) < 4.78 is 6.85. The van der Waals surface area contributed by atoms with Crippen molar-refractivity contribution in [3.63, 3.8) is 0 Å². The number of anilines is 3. The van der Waals surface area contributed by atoms with Gasteiger partial charge in [0.05, 0.1) is 12.2 Å². The second-order valence-corrected chi connectivity index (χ2v) is 10.9. The Balaban J connectivity index is 1.24. The van der Waals surface area contributed by atoms with E-state index in [1.807, 2.05) is 12.3 Å². The van der Waals surface area contributed by atoms with Crippen molar-refractivity contribution in [2.24, 2.45) is 5.92 Å². The average molecular weight is 483 g/mol. The Hall–Kier alpha value is -3.21. The molecule has 0 saturated heterocycles. The van der Waals surface area contributed by atoms with Crippen molar-refractivity contribution in [3.05, 3.63) is 77.4 Å². The quantitative estimate of drug-likeness (QED) is 0.463. The van der Waals surface area contributed by atoms with E-state index in [9.17, 15) is 0 Å². The van der Waals surface area contributed by atoms with Gasteiger partial charge in [-0.3, -0.25) is 4.98 Å². The Kier molecular flexibility index (Phi) is 6.24. The number of fused-ring (bicyclic) bond motifs is 2. The van der Waals surface area contributed by atoms with E-state index in [2.05, 4.69) is 77.0 Å². The van der Waals surface area contributed by atoms with E-state index in [4.69, 9.17) is 4.74 Å². The van der Waals surface area contributed by atoms with Gasteiger partial charge in [-0.15, -0.1) is 0 Å².